The van der Waals surface area contributed by atoms with Crippen molar-refractivity contribution >= 4 is 11.8 Å². The minimum Gasteiger partial charge on any atom is -0.464 e. The predicted octanol–water partition coefficient (Wildman–Crippen LogP) is 0.854. The van der Waals surface area contributed by atoms with Crippen LogP contribution in [-0.2, 0) is 9.47 Å². The Balaban J connectivity index is 1.95. The molecule has 17 heavy (non-hydrogen) atoms. The van der Waals surface area contributed by atoms with Crippen LogP contribution in [0.5, 0.6) is 0 Å². The highest BCUT2D eigenvalue weighted by molar-refractivity contribution is 5.86. The summed E-state index contributed by atoms with van der Waals surface area (Å²) in [6.45, 7) is 1.51. The number of carbonyl (C=O) groups excluding carboxylic acids is 1. The second-order valence-corrected chi connectivity index (χ2v) is 3.85. The maximum Gasteiger partial charge on any atom is 0.358 e. The minimum atomic E-state index is -0.481. The fourth-order valence-corrected chi connectivity index (χ4v) is 1.69. The molecule has 1 unspecified atom stereocenters. The van der Waals surface area contributed by atoms with E-state index in [-0.39, 0.29) is 11.7 Å². The third-order valence-electron chi connectivity index (χ3n) is 2.57. The number of hydrogen-bond donors (Lipinski definition) is 1. The molecule has 0 bridgehead atoms. The Hall–Kier alpha value is -1.69. The summed E-state index contributed by atoms with van der Waals surface area (Å²) in [5, 5.41) is 10.9. The molecule has 1 aliphatic rings. The standard InChI is InChI=1S/C11H15N3O3/c1-16-11(15)9-4-5-10(14-13-9)12-8-3-2-6-17-7-8/h4-5,8H,2-3,6-7H2,1H3,(H,12,14). The van der Waals surface area contributed by atoms with Gasteiger partial charge in [-0.2, -0.15) is 0 Å². The normalized spacial score (nSPS) is 19.7. The Labute approximate surface area is 99.3 Å². The van der Waals surface area contributed by atoms with Gasteiger partial charge in [0.15, 0.2) is 5.69 Å². The molecule has 1 saturated heterocycles. The lowest BCUT2D eigenvalue weighted by Gasteiger charge is -2.23. The van der Waals surface area contributed by atoms with Gasteiger partial charge in [0.1, 0.15) is 5.82 Å². The molecule has 0 amide bonds. The van der Waals surface area contributed by atoms with E-state index in [1.165, 1.54) is 7.11 Å². The van der Waals surface area contributed by atoms with Crippen LogP contribution < -0.4 is 5.32 Å². The van der Waals surface area contributed by atoms with Crippen LogP contribution in [0.25, 0.3) is 0 Å². The quantitative estimate of drug-likeness (QED) is 0.786. The summed E-state index contributed by atoms with van der Waals surface area (Å²) in [5.74, 6) is 0.165. The molecule has 92 valence electrons. The second kappa shape index (κ2) is 5.58. The molecule has 6 heteroatoms. The van der Waals surface area contributed by atoms with Crippen molar-refractivity contribution in [1.82, 2.24) is 10.2 Å². The van der Waals surface area contributed by atoms with E-state index in [9.17, 15) is 4.79 Å². The number of esters is 1. The molecule has 1 aliphatic heterocycles. The van der Waals surface area contributed by atoms with Crippen molar-refractivity contribution in [3.8, 4) is 0 Å². The van der Waals surface area contributed by atoms with E-state index in [4.69, 9.17) is 4.74 Å². The van der Waals surface area contributed by atoms with Crippen molar-refractivity contribution in [3.63, 3.8) is 0 Å². The lowest BCUT2D eigenvalue weighted by atomic mass is 10.1. The summed E-state index contributed by atoms with van der Waals surface area (Å²) in [4.78, 5) is 11.1. The summed E-state index contributed by atoms with van der Waals surface area (Å²) in [6, 6.07) is 3.57. The molecule has 1 aromatic rings. The molecule has 1 N–H and O–H groups in total. The molecule has 1 atom stereocenters. The molecule has 0 saturated carbocycles. The van der Waals surface area contributed by atoms with Crippen molar-refractivity contribution in [3.05, 3.63) is 17.8 Å². The number of rotatable bonds is 3. The summed E-state index contributed by atoms with van der Waals surface area (Å²) in [5.41, 5.74) is 0.206. The maximum atomic E-state index is 11.1. The van der Waals surface area contributed by atoms with Gasteiger partial charge in [0.25, 0.3) is 0 Å². The number of methoxy groups -OCH3 is 1. The van der Waals surface area contributed by atoms with E-state index in [1.54, 1.807) is 12.1 Å². The highest BCUT2D eigenvalue weighted by atomic mass is 16.5. The molecule has 0 spiro atoms. The molecule has 1 fully saturated rings. The highest BCUT2D eigenvalue weighted by Crippen LogP contribution is 2.12. The van der Waals surface area contributed by atoms with Gasteiger partial charge in [-0.15, -0.1) is 10.2 Å². The SMILES string of the molecule is COC(=O)c1ccc(NC2CCCOC2)nn1. The zero-order valence-electron chi connectivity index (χ0n) is 9.68. The predicted molar refractivity (Wildman–Crippen MR) is 60.8 cm³/mol. The van der Waals surface area contributed by atoms with Crippen LogP contribution in [0.15, 0.2) is 12.1 Å². The molecule has 0 radical (unpaired) electrons. The van der Waals surface area contributed by atoms with E-state index in [0.29, 0.717) is 12.4 Å². The molecular weight excluding hydrogens is 222 g/mol. The third-order valence-corrected chi connectivity index (χ3v) is 2.57. The fourth-order valence-electron chi connectivity index (χ4n) is 1.69. The first-order valence-corrected chi connectivity index (χ1v) is 5.56. The topological polar surface area (TPSA) is 73.3 Å². The van der Waals surface area contributed by atoms with Gasteiger partial charge >= 0.3 is 5.97 Å². The monoisotopic (exact) mass is 237 g/mol. The van der Waals surface area contributed by atoms with Crippen LogP contribution in [0.3, 0.4) is 0 Å². The first-order chi connectivity index (χ1) is 8.29. The van der Waals surface area contributed by atoms with Gasteiger partial charge in [0.05, 0.1) is 19.8 Å². The number of nitrogens with one attached hydrogen (secondary N) is 1. The molecule has 0 aromatic carbocycles. The van der Waals surface area contributed by atoms with Gasteiger partial charge in [-0.25, -0.2) is 4.79 Å². The summed E-state index contributed by atoms with van der Waals surface area (Å²) in [6.07, 6.45) is 2.10. The van der Waals surface area contributed by atoms with Crippen molar-refractivity contribution < 1.29 is 14.3 Å². The van der Waals surface area contributed by atoms with Crippen LogP contribution in [-0.4, -0.2) is 42.5 Å². The summed E-state index contributed by atoms with van der Waals surface area (Å²) in [7, 11) is 1.32. The number of hydrogen-bond acceptors (Lipinski definition) is 6. The Morgan fingerprint density at radius 1 is 1.53 bits per heavy atom. The number of anilines is 1. The van der Waals surface area contributed by atoms with Gasteiger partial charge in [0, 0.05) is 6.61 Å². The van der Waals surface area contributed by atoms with Crippen molar-refractivity contribution in [1.29, 1.82) is 0 Å². The van der Waals surface area contributed by atoms with Crippen molar-refractivity contribution in [2.45, 2.75) is 18.9 Å². The zero-order chi connectivity index (χ0) is 12.1. The number of ether oxygens (including phenoxy) is 2. The number of carbonyl (C=O) groups is 1. The first kappa shape index (κ1) is 11.8. The maximum absolute atomic E-state index is 11.1. The molecule has 2 heterocycles. The van der Waals surface area contributed by atoms with Crippen LogP contribution in [0.2, 0.25) is 0 Å². The lowest BCUT2D eigenvalue weighted by Crippen LogP contribution is -2.30. The summed E-state index contributed by atoms with van der Waals surface area (Å²) < 4.78 is 9.89. The van der Waals surface area contributed by atoms with Gasteiger partial charge in [-0.1, -0.05) is 0 Å². The zero-order valence-corrected chi connectivity index (χ0v) is 9.68. The number of nitrogens with zero attached hydrogens (tertiary/aromatic N) is 2. The second-order valence-electron chi connectivity index (χ2n) is 3.85. The van der Waals surface area contributed by atoms with E-state index in [0.717, 1.165) is 19.4 Å². The minimum absolute atomic E-state index is 0.206. The van der Waals surface area contributed by atoms with Gasteiger partial charge in [0.2, 0.25) is 0 Å². The molecule has 0 aliphatic carbocycles. The van der Waals surface area contributed by atoms with Crippen LogP contribution in [0.4, 0.5) is 5.82 Å². The largest absolute Gasteiger partial charge is 0.464 e. The van der Waals surface area contributed by atoms with E-state index < -0.39 is 5.97 Å². The van der Waals surface area contributed by atoms with Crippen LogP contribution in [0.1, 0.15) is 23.3 Å². The lowest BCUT2D eigenvalue weighted by molar-refractivity contribution is 0.0592. The number of aromatic nitrogens is 2. The molecule has 1 aromatic heterocycles. The van der Waals surface area contributed by atoms with E-state index in [2.05, 4.69) is 20.3 Å². The summed E-state index contributed by atoms with van der Waals surface area (Å²) >= 11 is 0. The van der Waals surface area contributed by atoms with Gasteiger partial charge < -0.3 is 14.8 Å². The average Bonchev–Trinajstić information content (AvgIpc) is 2.40. The third kappa shape index (κ3) is 3.13. The fraction of sp³-hybridized carbons (Fsp3) is 0.545. The molecule has 6 nitrogen and oxygen atoms in total. The Morgan fingerprint density at radius 2 is 2.41 bits per heavy atom. The van der Waals surface area contributed by atoms with E-state index in [1.807, 2.05) is 0 Å². The average molecular weight is 237 g/mol. The Bertz CT molecular complexity index is 374. The van der Waals surface area contributed by atoms with Crippen LogP contribution >= 0.6 is 0 Å². The van der Waals surface area contributed by atoms with E-state index >= 15 is 0 Å². The van der Waals surface area contributed by atoms with Gasteiger partial charge in [-0.3, -0.25) is 0 Å². The van der Waals surface area contributed by atoms with Crippen molar-refractivity contribution in [2.75, 3.05) is 25.6 Å². The van der Waals surface area contributed by atoms with Gasteiger partial charge in [-0.05, 0) is 25.0 Å². The smallest absolute Gasteiger partial charge is 0.358 e. The van der Waals surface area contributed by atoms with Crippen molar-refractivity contribution in [2.24, 2.45) is 0 Å². The van der Waals surface area contributed by atoms with Crippen LogP contribution in [0, 0.1) is 0 Å². The Morgan fingerprint density at radius 3 is 3.00 bits per heavy atom. The Kier molecular flexibility index (Phi) is 3.87. The molecule has 2 rings (SSSR count). The molecular formula is C11H15N3O3. The first-order valence-electron chi connectivity index (χ1n) is 5.56. The highest BCUT2D eigenvalue weighted by Gasteiger charge is 2.14.